The highest BCUT2D eigenvalue weighted by Gasteiger charge is 2.35. The summed E-state index contributed by atoms with van der Waals surface area (Å²) in [6.45, 7) is 3.59. The number of carbonyl (C=O) groups is 3. The fraction of sp³-hybridized carbons (Fsp3) is 0.750. The van der Waals surface area contributed by atoms with E-state index in [2.05, 4.69) is 5.32 Å². The Morgan fingerprint density at radius 2 is 1.78 bits per heavy atom. The van der Waals surface area contributed by atoms with Crippen LogP contribution in [0.1, 0.15) is 33.1 Å². The fourth-order valence-electron chi connectivity index (χ4n) is 2.28. The highest BCUT2D eigenvalue weighted by molar-refractivity contribution is 5.88. The van der Waals surface area contributed by atoms with Crippen molar-refractivity contribution in [2.75, 3.05) is 0 Å². The number of primary amides is 1. The molecule has 0 saturated heterocycles. The Bertz CT molecular complexity index is 354. The van der Waals surface area contributed by atoms with E-state index < -0.39 is 23.8 Å². The summed E-state index contributed by atoms with van der Waals surface area (Å²) in [4.78, 5) is 33.9. The van der Waals surface area contributed by atoms with Gasteiger partial charge in [0.2, 0.25) is 11.8 Å². The lowest BCUT2D eigenvalue weighted by molar-refractivity contribution is -0.141. The van der Waals surface area contributed by atoms with Gasteiger partial charge in [-0.2, -0.15) is 0 Å². The van der Waals surface area contributed by atoms with Gasteiger partial charge in [-0.15, -0.1) is 0 Å². The molecule has 0 aromatic carbocycles. The van der Waals surface area contributed by atoms with Crippen molar-refractivity contribution < 1.29 is 19.5 Å². The van der Waals surface area contributed by atoms with Crippen LogP contribution in [0, 0.1) is 17.8 Å². The monoisotopic (exact) mass is 256 g/mol. The van der Waals surface area contributed by atoms with Crippen LogP contribution >= 0.6 is 0 Å². The molecule has 1 saturated carbocycles. The van der Waals surface area contributed by atoms with Gasteiger partial charge in [0.15, 0.2) is 0 Å². The van der Waals surface area contributed by atoms with E-state index in [4.69, 9.17) is 10.8 Å². The topological polar surface area (TPSA) is 109 Å². The number of carbonyl (C=O) groups excluding carboxylic acids is 2. The standard InChI is InChI=1S/C12H20N2O4/c1-6(2)9(10(13)15)14-11(16)7-3-4-8(5-7)12(17)18/h6-9H,3-5H2,1-2H3,(H2,13,15)(H,14,16)(H,17,18)/t7-,8+,9?/m1/s1. The van der Waals surface area contributed by atoms with Crippen LogP contribution in [0.25, 0.3) is 0 Å². The molecule has 0 heterocycles. The van der Waals surface area contributed by atoms with Crippen molar-refractivity contribution in [3.63, 3.8) is 0 Å². The maximum absolute atomic E-state index is 11.9. The van der Waals surface area contributed by atoms with Crippen LogP contribution in [0.3, 0.4) is 0 Å². The van der Waals surface area contributed by atoms with E-state index in [0.29, 0.717) is 19.3 Å². The Labute approximate surface area is 106 Å². The van der Waals surface area contributed by atoms with Gasteiger partial charge in [0.05, 0.1) is 5.92 Å². The van der Waals surface area contributed by atoms with Crippen molar-refractivity contribution in [2.45, 2.75) is 39.2 Å². The number of rotatable bonds is 5. The Hall–Kier alpha value is -1.59. The van der Waals surface area contributed by atoms with Crippen LogP contribution < -0.4 is 11.1 Å². The van der Waals surface area contributed by atoms with E-state index in [1.165, 1.54) is 0 Å². The molecule has 1 aliphatic carbocycles. The van der Waals surface area contributed by atoms with Crippen molar-refractivity contribution in [1.29, 1.82) is 0 Å². The summed E-state index contributed by atoms with van der Waals surface area (Å²) in [5.74, 6) is -2.55. The molecule has 4 N–H and O–H groups in total. The molecule has 2 amide bonds. The second-order valence-electron chi connectivity index (χ2n) is 5.18. The molecule has 3 atom stereocenters. The van der Waals surface area contributed by atoms with Crippen LogP contribution in [0.4, 0.5) is 0 Å². The third kappa shape index (κ3) is 3.45. The van der Waals surface area contributed by atoms with E-state index in [1.54, 1.807) is 13.8 Å². The van der Waals surface area contributed by atoms with E-state index in [9.17, 15) is 14.4 Å². The molecular weight excluding hydrogens is 236 g/mol. The molecule has 0 bridgehead atoms. The molecule has 0 aliphatic heterocycles. The Balaban J connectivity index is 2.56. The lowest BCUT2D eigenvalue weighted by Gasteiger charge is -2.21. The fourth-order valence-corrected chi connectivity index (χ4v) is 2.28. The van der Waals surface area contributed by atoms with Crippen LogP contribution in [0.2, 0.25) is 0 Å². The summed E-state index contributed by atoms with van der Waals surface area (Å²) in [5.41, 5.74) is 5.21. The van der Waals surface area contributed by atoms with Gasteiger partial charge < -0.3 is 16.2 Å². The van der Waals surface area contributed by atoms with E-state index in [-0.39, 0.29) is 17.7 Å². The zero-order chi connectivity index (χ0) is 13.9. The predicted octanol–water partition coefficient (Wildman–Crippen LogP) is 0.113. The number of carboxylic acid groups (broad SMARTS) is 1. The summed E-state index contributed by atoms with van der Waals surface area (Å²) in [7, 11) is 0. The average Bonchev–Trinajstić information content (AvgIpc) is 2.73. The largest absolute Gasteiger partial charge is 0.481 e. The Morgan fingerprint density at radius 1 is 1.22 bits per heavy atom. The number of hydrogen-bond acceptors (Lipinski definition) is 3. The number of aliphatic carboxylic acids is 1. The number of nitrogens with one attached hydrogen (secondary N) is 1. The van der Waals surface area contributed by atoms with Gasteiger partial charge in [-0.25, -0.2) is 0 Å². The summed E-state index contributed by atoms with van der Waals surface area (Å²) in [6.07, 6.45) is 1.40. The van der Waals surface area contributed by atoms with Gasteiger partial charge in [-0.3, -0.25) is 14.4 Å². The van der Waals surface area contributed by atoms with E-state index in [1.807, 2.05) is 0 Å². The average molecular weight is 256 g/mol. The molecule has 18 heavy (non-hydrogen) atoms. The second kappa shape index (κ2) is 5.84. The van der Waals surface area contributed by atoms with Gasteiger partial charge in [-0.05, 0) is 25.2 Å². The van der Waals surface area contributed by atoms with Crippen LogP contribution in [-0.4, -0.2) is 28.9 Å². The molecule has 1 aliphatic rings. The van der Waals surface area contributed by atoms with Crippen LogP contribution in [0.15, 0.2) is 0 Å². The minimum absolute atomic E-state index is 0.0804. The second-order valence-corrected chi connectivity index (χ2v) is 5.18. The summed E-state index contributed by atoms with van der Waals surface area (Å²) >= 11 is 0. The SMILES string of the molecule is CC(C)C(NC(=O)[C@@H]1CC[C@H](C(=O)O)C1)C(N)=O. The van der Waals surface area contributed by atoms with Gasteiger partial charge in [0.1, 0.15) is 6.04 Å². The molecule has 0 aromatic heterocycles. The first-order chi connectivity index (χ1) is 8.32. The smallest absolute Gasteiger partial charge is 0.306 e. The quantitative estimate of drug-likeness (QED) is 0.648. The molecule has 1 rings (SSSR count). The zero-order valence-corrected chi connectivity index (χ0v) is 10.7. The van der Waals surface area contributed by atoms with Crippen molar-refractivity contribution in [3.05, 3.63) is 0 Å². The van der Waals surface area contributed by atoms with Gasteiger partial charge >= 0.3 is 5.97 Å². The van der Waals surface area contributed by atoms with Crippen LogP contribution in [0.5, 0.6) is 0 Å². The minimum atomic E-state index is -0.861. The number of hydrogen-bond donors (Lipinski definition) is 3. The lowest BCUT2D eigenvalue weighted by Crippen LogP contribution is -2.49. The zero-order valence-electron chi connectivity index (χ0n) is 10.7. The predicted molar refractivity (Wildman–Crippen MR) is 64.4 cm³/mol. The van der Waals surface area contributed by atoms with Crippen LogP contribution in [-0.2, 0) is 14.4 Å². The molecule has 0 aromatic rings. The van der Waals surface area contributed by atoms with Crippen molar-refractivity contribution in [3.8, 4) is 0 Å². The third-order valence-electron chi connectivity index (χ3n) is 3.42. The summed E-state index contributed by atoms with van der Waals surface area (Å²) in [6, 6.07) is -0.693. The lowest BCUT2D eigenvalue weighted by atomic mass is 10.0. The first-order valence-electron chi connectivity index (χ1n) is 6.15. The third-order valence-corrected chi connectivity index (χ3v) is 3.42. The molecular formula is C12H20N2O4. The molecule has 1 fully saturated rings. The highest BCUT2D eigenvalue weighted by Crippen LogP contribution is 2.31. The van der Waals surface area contributed by atoms with Gasteiger partial charge in [0, 0.05) is 5.92 Å². The van der Waals surface area contributed by atoms with Gasteiger partial charge in [-0.1, -0.05) is 13.8 Å². The maximum atomic E-state index is 11.9. The molecule has 6 heteroatoms. The van der Waals surface area contributed by atoms with Crippen molar-refractivity contribution in [1.82, 2.24) is 5.32 Å². The molecule has 102 valence electrons. The number of amides is 2. The number of carboxylic acids is 1. The number of nitrogens with two attached hydrogens (primary N) is 1. The Morgan fingerprint density at radius 3 is 2.17 bits per heavy atom. The normalized spacial score (nSPS) is 24.8. The van der Waals surface area contributed by atoms with Crippen molar-refractivity contribution in [2.24, 2.45) is 23.5 Å². The Kier molecular flexibility index (Phi) is 4.69. The first-order valence-corrected chi connectivity index (χ1v) is 6.15. The molecule has 0 spiro atoms. The maximum Gasteiger partial charge on any atom is 0.306 e. The van der Waals surface area contributed by atoms with E-state index >= 15 is 0 Å². The summed E-state index contributed by atoms with van der Waals surface area (Å²) in [5, 5.41) is 11.5. The van der Waals surface area contributed by atoms with Gasteiger partial charge in [0.25, 0.3) is 0 Å². The van der Waals surface area contributed by atoms with Crippen molar-refractivity contribution >= 4 is 17.8 Å². The minimum Gasteiger partial charge on any atom is -0.481 e. The molecule has 1 unspecified atom stereocenters. The van der Waals surface area contributed by atoms with E-state index in [0.717, 1.165) is 0 Å². The first kappa shape index (κ1) is 14.5. The molecule has 6 nitrogen and oxygen atoms in total. The highest BCUT2D eigenvalue weighted by atomic mass is 16.4. The molecule has 0 radical (unpaired) electrons. The summed E-state index contributed by atoms with van der Waals surface area (Å²) < 4.78 is 0.